The number of ether oxygens (including phenoxy) is 3. The first-order valence-corrected chi connectivity index (χ1v) is 12.6. The van der Waals surface area contributed by atoms with Crippen LogP contribution in [0.25, 0.3) is 10.1 Å². The van der Waals surface area contributed by atoms with Crippen LogP contribution in [-0.4, -0.2) is 57.8 Å². The summed E-state index contributed by atoms with van der Waals surface area (Å²) in [5, 5.41) is 13.7. The predicted octanol–water partition coefficient (Wildman–Crippen LogP) is 4.01. The Morgan fingerprint density at radius 2 is 1.75 bits per heavy atom. The summed E-state index contributed by atoms with van der Waals surface area (Å²) < 4.78 is 45.3. The zero-order valence-electron chi connectivity index (χ0n) is 18.6. The second-order valence-electron chi connectivity index (χ2n) is 7.82. The number of fused-ring (bicyclic) bond motifs is 1. The molecule has 1 N–H and O–H groups in total. The van der Waals surface area contributed by atoms with Gasteiger partial charge in [0.2, 0.25) is 10.0 Å². The van der Waals surface area contributed by atoms with Gasteiger partial charge in [0.1, 0.15) is 18.5 Å². The fourth-order valence-electron chi connectivity index (χ4n) is 3.32. The molecule has 0 fully saturated rings. The van der Waals surface area contributed by atoms with Gasteiger partial charge in [0, 0.05) is 23.9 Å². The summed E-state index contributed by atoms with van der Waals surface area (Å²) in [7, 11) is -0.927. The maximum Gasteiger partial charge on any atom is 0.243 e. The second kappa shape index (κ2) is 10.5. The van der Waals surface area contributed by atoms with Crippen molar-refractivity contribution >= 4 is 31.4 Å². The van der Waals surface area contributed by atoms with E-state index in [1.807, 2.05) is 43.5 Å². The number of rotatable bonds is 11. The molecule has 0 saturated carbocycles. The first kappa shape index (κ1) is 24.3. The van der Waals surface area contributed by atoms with Gasteiger partial charge in [0.05, 0.1) is 19.1 Å². The van der Waals surface area contributed by atoms with Crippen molar-refractivity contribution in [3.05, 3.63) is 47.8 Å². The number of hydrogen-bond donors (Lipinski definition) is 1. The van der Waals surface area contributed by atoms with Crippen LogP contribution in [0.15, 0.2) is 52.7 Å². The number of aliphatic hydroxyl groups is 1. The van der Waals surface area contributed by atoms with E-state index in [-0.39, 0.29) is 30.5 Å². The minimum Gasteiger partial charge on any atom is -0.493 e. The van der Waals surface area contributed by atoms with E-state index >= 15 is 0 Å². The van der Waals surface area contributed by atoms with E-state index in [0.29, 0.717) is 17.2 Å². The average molecular weight is 480 g/mol. The zero-order valence-corrected chi connectivity index (χ0v) is 20.3. The average Bonchev–Trinajstić information content (AvgIpc) is 3.24. The summed E-state index contributed by atoms with van der Waals surface area (Å²) >= 11 is 1.64. The normalized spacial score (nSPS) is 13.0. The first-order valence-electron chi connectivity index (χ1n) is 10.2. The van der Waals surface area contributed by atoms with Crippen molar-refractivity contribution in [2.45, 2.75) is 24.8 Å². The van der Waals surface area contributed by atoms with Crippen LogP contribution in [0.3, 0.4) is 0 Å². The molecule has 174 valence electrons. The summed E-state index contributed by atoms with van der Waals surface area (Å²) in [6.07, 6.45) is -0.998. The highest BCUT2D eigenvalue weighted by atomic mass is 32.2. The summed E-state index contributed by atoms with van der Waals surface area (Å²) in [4.78, 5) is 0.0758. The number of methoxy groups -OCH3 is 2. The minimum atomic E-state index is -3.87. The third kappa shape index (κ3) is 5.72. The van der Waals surface area contributed by atoms with Gasteiger partial charge in [-0.3, -0.25) is 0 Å². The zero-order chi connectivity index (χ0) is 23.3. The number of hydrogen-bond acceptors (Lipinski definition) is 7. The van der Waals surface area contributed by atoms with Gasteiger partial charge >= 0.3 is 0 Å². The maximum atomic E-state index is 13.3. The Labute approximate surface area is 193 Å². The monoisotopic (exact) mass is 479 g/mol. The van der Waals surface area contributed by atoms with Crippen LogP contribution >= 0.6 is 11.3 Å². The lowest BCUT2D eigenvalue weighted by molar-refractivity contribution is 0.0873. The molecule has 0 amide bonds. The molecule has 0 radical (unpaired) electrons. The molecular formula is C23H29NO6S2. The van der Waals surface area contributed by atoms with Crippen LogP contribution in [0.2, 0.25) is 0 Å². The molecule has 0 aliphatic heterocycles. The van der Waals surface area contributed by atoms with Crippen LogP contribution < -0.4 is 14.2 Å². The Balaban J connectivity index is 1.74. The summed E-state index contributed by atoms with van der Waals surface area (Å²) in [6, 6.07) is 12.2. The molecular weight excluding hydrogens is 450 g/mol. The molecule has 32 heavy (non-hydrogen) atoms. The molecule has 0 bridgehead atoms. The van der Waals surface area contributed by atoms with Crippen molar-refractivity contribution in [3.63, 3.8) is 0 Å². The molecule has 7 nitrogen and oxygen atoms in total. The smallest absolute Gasteiger partial charge is 0.243 e. The highest BCUT2D eigenvalue weighted by molar-refractivity contribution is 7.89. The number of nitrogens with zero attached hydrogens (tertiary/aromatic N) is 1. The fraction of sp³-hybridized carbons (Fsp3) is 0.391. The third-order valence-corrected chi connectivity index (χ3v) is 7.57. The number of thiophene rings is 1. The molecule has 1 aromatic heterocycles. The lowest BCUT2D eigenvalue weighted by Crippen LogP contribution is -2.41. The second-order valence-corrected chi connectivity index (χ2v) is 10.7. The number of benzene rings is 2. The number of sulfonamides is 1. The Kier molecular flexibility index (Phi) is 8.00. The Hall–Kier alpha value is -2.33. The molecule has 1 atom stereocenters. The Bertz CT molecular complexity index is 1140. The summed E-state index contributed by atoms with van der Waals surface area (Å²) in [5.41, 5.74) is 0. The topological polar surface area (TPSA) is 85.3 Å². The molecule has 0 spiro atoms. The maximum absolute atomic E-state index is 13.3. The van der Waals surface area contributed by atoms with Gasteiger partial charge < -0.3 is 19.3 Å². The fourth-order valence-corrected chi connectivity index (χ4v) is 5.75. The minimum absolute atomic E-state index is 0.0221. The van der Waals surface area contributed by atoms with E-state index in [1.165, 1.54) is 30.7 Å². The highest BCUT2D eigenvalue weighted by Crippen LogP contribution is 2.31. The van der Waals surface area contributed by atoms with E-state index in [0.717, 1.165) is 10.1 Å². The van der Waals surface area contributed by atoms with Crippen molar-refractivity contribution in [2.75, 3.05) is 33.9 Å². The molecule has 3 rings (SSSR count). The van der Waals surface area contributed by atoms with Gasteiger partial charge in [-0.2, -0.15) is 4.31 Å². The molecule has 1 heterocycles. The van der Waals surface area contributed by atoms with Crippen molar-refractivity contribution in [2.24, 2.45) is 5.92 Å². The van der Waals surface area contributed by atoms with Crippen LogP contribution in [-0.2, 0) is 10.0 Å². The molecule has 0 aliphatic rings. The summed E-state index contributed by atoms with van der Waals surface area (Å²) in [6.45, 7) is 4.00. The number of aliphatic hydroxyl groups excluding tert-OH is 1. The van der Waals surface area contributed by atoms with E-state index in [2.05, 4.69) is 0 Å². The van der Waals surface area contributed by atoms with E-state index in [4.69, 9.17) is 14.2 Å². The van der Waals surface area contributed by atoms with E-state index in [9.17, 15) is 13.5 Å². The third-order valence-electron chi connectivity index (χ3n) is 4.84. The largest absolute Gasteiger partial charge is 0.493 e. The Morgan fingerprint density at radius 3 is 2.44 bits per heavy atom. The lowest BCUT2D eigenvalue weighted by Gasteiger charge is -2.26. The van der Waals surface area contributed by atoms with Crippen LogP contribution in [0, 0.1) is 5.92 Å². The predicted molar refractivity (Wildman–Crippen MR) is 126 cm³/mol. The molecule has 2 aromatic carbocycles. The van der Waals surface area contributed by atoms with E-state index in [1.54, 1.807) is 17.4 Å². The highest BCUT2D eigenvalue weighted by Gasteiger charge is 2.28. The van der Waals surface area contributed by atoms with Gasteiger partial charge in [-0.25, -0.2) is 8.42 Å². The summed E-state index contributed by atoms with van der Waals surface area (Å²) in [5.74, 6) is 1.47. The van der Waals surface area contributed by atoms with E-state index < -0.39 is 16.1 Å². The van der Waals surface area contributed by atoms with Gasteiger partial charge in [0.25, 0.3) is 0 Å². The van der Waals surface area contributed by atoms with Crippen molar-refractivity contribution in [3.8, 4) is 17.2 Å². The van der Waals surface area contributed by atoms with Gasteiger partial charge in [0.15, 0.2) is 11.5 Å². The molecule has 3 aromatic rings. The molecule has 0 unspecified atom stereocenters. The van der Waals surface area contributed by atoms with Crippen LogP contribution in [0.4, 0.5) is 0 Å². The first-order chi connectivity index (χ1) is 15.2. The SMILES string of the molecule is COc1ccc(S(=O)(=O)N(CC(C)C)C[C@@H](O)COc2ccc3sccc3c2)cc1OC. The molecule has 0 saturated heterocycles. The van der Waals surface area contributed by atoms with Gasteiger partial charge in [-0.05, 0) is 53.1 Å². The van der Waals surface area contributed by atoms with Gasteiger partial charge in [-0.1, -0.05) is 13.8 Å². The molecule has 9 heteroatoms. The quantitative estimate of drug-likeness (QED) is 0.447. The van der Waals surface area contributed by atoms with Crippen LogP contribution in [0.1, 0.15) is 13.8 Å². The van der Waals surface area contributed by atoms with Crippen LogP contribution in [0.5, 0.6) is 17.2 Å². The van der Waals surface area contributed by atoms with Crippen molar-refractivity contribution in [1.29, 1.82) is 0 Å². The molecule has 0 aliphatic carbocycles. The van der Waals surface area contributed by atoms with Crippen molar-refractivity contribution < 1.29 is 27.7 Å². The van der Waals surface area contributed by atoms with Crippen molar-refractivity contribution in [1.82, 2.24) is 4.31 Å². The van der Waals surface area contributed by atoms with Gasteiger partial charge in [-0.15, -0.1) is 11.3 Å². The standard InChI is InChI=1S/C23H29NO6S2/c1-16(2)13-24(32(26,27)20-6-7-21(28-3)22(12-20)29-4)14-18(25)15-30-19-5-8-23-17(11-19)9-10-31-23/h5-12,16,18,25H,13-15H2,1-4H3/t18-/m1/s1. The lowest BCUT2D eigenvalue weighted by atomic mass is 10.2. The Morgan fingerprint density at radius 1 is 1.00 bits per heavy atom.